The Morgan fingerprint density at radius 1 is 1.33 bits per heavy atom. The number of hydrogen-bond acceptors (Lipinski definition) is 2. The Balaban J connectivity index is 1.88. The summed E-state index contributed by atoms with van der Waals surface area (Å²) in [5.74, 6) is 2.42. The van der Waals surface area contributed by atoms with E-state index in [2.05, 4.69) is 21.7 Å². The molecule has 18 heavy (non-hydrogen) atoms. The lowest BCUT2D eigenvalue weighted by molar-refractivity contribution is 0.403. The molecule has 1 unspecified atom stereocenters. The van der Waals surface area contributed by atoms with Gasteiger partial charge in [0.15, 0.2) is 0 Å². The lowest BCUT2D eigenvalue weighted by Gasteiger charge is -2.20. The molecule has 3 nitrogen and oxygen atoms in total. The van der Waals surface area contributed by atoms with Crippen molar-refractivity contribution in [1.29, 1.82) is 0 Å². The van der Waals surface area contributed by atoms with Gasteiger partial charge in [0.05, 0.1) is 0 Å². The maximum Gasteiger partial charge on any atom is 0.137 e. The fourth-order valence-corrected chi connectivity index (χ4v) is 2.49. The average molecular weight is 245 g/mol. The van der Waals surface area contributed by atoms with Gasteiger partial charge in [0.1, 0.15) is 17.5 Å². The molecule has 0 amide bonds. The minimum atomic E-state index is -0.168. The van der Waals surface area contributed by atoms with Crippen LogP contribution >= 0.6 is 0 Å². The summed E-state index contributed by atoms with van der Waals surface area (Å²) in [7, 11) is 0. The average Bonchev–Trinajstić information content (AvgIpc) is 2.74. The second kappa shape index (κ2) is 4.52. The summed E-state index contributed by atoms with van der Waals surface area (Å²) in [6.07, 6.45) is 2.65. The van der Waals surface area contributed by atoms with Crippen molar-refractivity contribution in [3.05, 3.63) is 47.3 Å². The Hall–Kier alpha value is -1.71. The molecule has 2 heterocycles. The molecule has 0 bridgehead atoms. The first kappa shape index (κ1) is 11.4. The number of nitrogens with zero attached hydrogens (tertiary/aromatic N) is 3. The van der Waals surface area contributed by atoms with E-state index in [-0.39, 0.29) is 5.82 Å². The van der Waals surface area contributed by atoms with E-state index in [4.69, 9.17) is 0 Å². The van der Waals surface area contributed by atoms with Gasteiger partial charge in [0.2, 0.25) is 0 Å². The van der Waals surface area contributed by atoms with E-state index < -0.39 is 0 Å². The van der Waals surface area contributed by atoms with E-state index in [1.54, 1.807) is 6.07 Å². The topological polar surface area (TPSA) is 30.7 Å². The standard InChI is InChI=1S/C14H16FN3/c1-10-6-7-18-13(8-10)16-17-14(18)9-11-4-2-3-5-12(11)15/h2-5,10H,6-9H2,1H3. The van der Waals surface area contributed by atoms with E-state index in [1.807, 2.05) is 12.1 Å². The Morgan fingerprint density at radius 2 is 2.17 bits per heavy atom. The summed E-state index contributed by atoms with van der Waals surface area (Å²) in [5, 5.41) is 8.44. The van der Waals surface area contributed by atoms with Gasteiger partial charge < -0.3 is 4.57 Å². The summed E-state index contributed by atoms with van der Waals surface area (Å²) in [5.41, 5.74) is 0.686. The third kappa shape index (κ3) is 2.03. The van der Waals surface area contributed by atoms with Gasteiger partial charge in [-0.2, -0.15) is 0 Å². The van der Waals surface area contributed by atoms with Gasteiger partial charge in [0, 0.05) is 19.4 Å². The minimum Gasteiger partial charge on any atom is -0.315 e. The zero-order valence-electron chi connectivity index (χ0n) is 10.4. The molecule has 1 aromatic carbocycles. The van der Waals surface area contributed by atoms with Gasteiger partial charge in [-0.05, 0) is 24.0 Å². The number of rotatable bonds is 2. The first-order chi connectivity index (χ1) is 8.74. The molecule has 0 saturated heterocycles. The summed E-state index contributed by atoms with van der Waals surface area (Å²) < 4.78 is 15.8. The Morgan fingerprint density at radius 3 is 3.00 bits per heavy atom. The summed E-state index contributed by atoms with van der Waals surface area (Å²) >= 11 is 0. The van der Waals surface area contributed by atoms with Crippen molar-refractivity contribution in [2.75, 3.05) is 0 Å². The van der Waals surface area contributed by atoms with Gasteiger partial charge in [-0.3, -0.25) is 0 Å². The molecule has 2 aromatic rings. The highest BCUT2D eigenvalue weighted by molar-refractivity contribution is 5.21. The number of fused-ring (bicyclic) bond motifs is 1. The second-order valence-corrected chi connectivity index (χ2v) is 5.05. The van der Waals surface area contributed by atoms with Gasteiger partial charge in [-0.25, -0.2) is 4.39 Å². The van der Waals surface area contributed by atoms with Crippen LogP contribution in [0.1, 0.15) is 30.6 Å². The molecular formula is C14H16FN3. The van der Waals surface area contributed by atoms with Gasteiger partial charge in [0.25, 0.3) is 0 Å². The van der Waals surface area contributed by atoms with E-state index >= 15 is 0 Å². The fraction of sp³-hybridized carbons (Fsp3) is 0.429. The van der Waals surface area contributed by atoms with Crippen LogP contribution in [0.4, 0.5) is 4.39 Å². The van der Waals surface area contributed by atoms with E-state index in [9.17, 15) is 4.39 Å². The SMILES string of the molecule is CC1CCn2c(Cc3ccccc3F)nnc2C1. The summed E-state index contributed by atoms with van der Waals surface area (Å²) in [4.78, 5) is 0. The maximum atomic E-state index is 13.6. The van der Waals surface area contributed by atoms with Crippen molar-refractivity contribution in [3.63, 3.8) is 0 Å². The highest BCUT2D eigenvalue weighted by atomic mass is 19.1. The molecule has 1 aliphatic heterocycles. The van der Waals surface area contributed by atoms with Crippen molar-refractivity contribution >= 4 is 0 Å². The van der Waals surface area contributed by atoms with E-state index in [1.165, 1.54) is 6.07 Å². The van der Waals surface area contributed by atoms with Crippen LogP contribution < -0.4 is 0 Å². The Kier molecular flexibility index (Phi) is 2.86. The maximum absolute atomic E-state index is 13.6. The van der Waals surface area contributed by atoms with E-state index in [0.29, 0.717) is 17.9 Å². The van der Waals surface area contributed by atoms with Crippen molar-refractivity contribution in [3.8, 4) is 0 Å². The molecule has 0 saturated carbocycles. The molecule has 1 atom stereocenters. The second-order valence-electron chi connectivity index (χ2n) is 5.05. The van der Waals surface area contributed by atoms with Crippen LogP contribution in [0.5, 0.6) is 0 Å². The Labute approximate surface area is 106 Å². The van der Waals surface area contributed by atoms with Crippen molar-refractivity contribution in [1.82, 2.24) is 14.8 Å². The molecule has 0 N–H and O–H groups in total. The number of aromatic nitrogens is 3. The lowest BCUT2D eigenvalue weighted by atomic mass is 10.00. The molecule has 0 fully saturated rings. The van der Waals surface area contributed by atoms with Crippen LogP contribution in [0.3, 0.4) is 0 Å². The molecule has 1 aromatic heterocycles. The molecule has 3 rings (SSSR count). The van der Waals surface area contributed by atoms with E-state index in [0.717, 1.165) is 31.0 Å². The summed E-state index contributed by atoms with van der Waals surface area (Å²) in [6, 6.07) is 6.86. The largest absolute Gasteiger partial charge is 0.315 e. The van der Waals surface area contributed by atoms with Crippen LogP contribution in [-0.2, 0) is 19.4 Å². The van der Waals surface area contributed by atoms with Crippen LogP contribution in [0.2, 0.25) is 0 Å². The molecule has 0 aliphatic carbocycles. The number of hydrogen-bond donors (Lipinski definition) is 0. The predicted molar refractivity (Wildman–Crippen MR) is 66.7 cm³/mol. The first-order valence-corrected chi connectivity index (χ1v) is 6.38. The zero-order chi connectivity index (χ0) is 12.5. The molecule has 94 valence electrons. The van der Waals surface area contributed by atoms with Gasteiger partial charge in [-0.1, -0.05) is 25.1 Å². The van der Waals surface area contributed by atoms with Crippen LogP contribution in [-0.4, -0.2) is 14.8 Å². The van der Waals surface area contributed by atoms with Crippen LogP contribution in [0.25, 0.3) is 0 Å². The number of halogens is 1. The van der Waals surface area contributed by atoms with Crippen molar-refractivity contribution in [2.45, 2.75) is 32.7 Å². The lowest BCUT2D eigenvalue weighted by Crippen LogP contribution is -2.19. The highest BCUT2D eigenvalue weighted by Crippen LogP contribution is 2.21. The Bertz CT molecular complexity index is 562. The molecule has 0 spiro atoms. The van der Waals surface area contributed by atoms with Gasteiger partial charge in [-0.15, -0.1) is 10.2 Å². The zero-order valence-corrected chi connectivity index (χ0v) is 10.4. The predicted octanol–water partition coefficient (Wildman–Crippen LogP) is 2.59. The smallest absolute Gasteiger partial charge is 0.137 e. The van der Waals surface area contributed by atoms with Crippen molar-refractivity contribution < 1.29 is 4.39 Å². The quantitative estimate of drug-likeness (QED) is 0.814. The van der Waals surface area contributed by atoms with Crippen molar-refractivity contribution in [2.24, 2.45) is 5.92 Å². The first-order valence-electron chi connectivity index (χ1n) is 6.38. The molecular weight excluding hydrogens is 229 g/mol. The minimum absolute atomic E-state index is 0.168. The van der Waals surface area contributed by atoms with Crippen LogP contribution in [0.15, 0.2) is 24.3 Å². The molecule has 4 heteroatoms. The number of benzene rings is 1. The fourth-order valence-electron chi connectivity index (χ4n) is 2.49. The van der Waals surface area contributed by atoms with Gasteiger partial charge >= 0.3 is 0 Å². The molecule has 1 aliphatic rings. The monoisotopic (exact) mass is 245 g/mol. The third-order valence-corrected chi connectivity index (χ3v) is 3.59. The third-order valence-electron chi connectivity index (χ3n) is 3.59. The summed E-state index contributed by atoms with van der Waals surface area (Å²) in [6.45, 7) is 3.18. The highest BCUT2D eigenvalue weighted by Gasteiger charge is 2.20. The molecule has 0 radical (unpaired) electrons. The van der Waals surface area contributed by atoms with Crippen LogP contribution in [0, 0.1) is 11.7 Å². The normalized spacial score (nSPS) is 18.7.